The molecule has 0 aliphatic rings. The van der Waals surface area contributed by atoms with E-state index in [0.29, 0.717) is 28.8 Å². The lowest BCUT2D eigenvalue weighted by Crippen LogP contribution is -1.97. The van der Waals surface area contributed by atoms with Crippen molar-refractivity contribution in [2.24, 2.45) is 0 Å². The number of nitrogens with one attached hydrogen (secondary N) is 1. The number of ether oxygens (including phenoxy) is 1. The van der Waals surface area contributed by atoms with Crippen LogP contribution in [0.1, 0.15) is 11.4 Å². The van der Waals surface area contributed by atoms with Crippen LogP contribution in [-0.2, 0) is 6.61 Å². The van der Waals surface area contributed by atoms with Crippen molar-refractivity contribution in [1.82, 2.24) is 9.97 Å². The molecule has 0 saturated heterocycles. The second-order valence-electron chi connectivity index (χ2n) is 4.27. The summed E-state index contributed by atoms with van der Waals surface area (Å²) in [6.45, 7) is 0.316. The molecule has 20 heavy (non-hydrogen) atoms. The molecule has 3 rings (SSSR count). The van der Waals surface area contributed by atoms with Gasteiger partial charge < -0.3 is 9.72 Å². The van der Waals surface area contributed by atoms with E-state index in [0.717, 1.165) is 11.0 Å². The Morgan fingerprint density at radius 1 is 1.25 bits per heavy atom. The first-order chi connectivity index (χ1) is 9.74. The van der Waals surface area contributed by atoms with E-state index in [4.69, 9.17) is 21.6 Å². The fourth-order valence-electron chi connectivity index (χ4n) is 1.91. The van der Waals surface area contributed by atoms with Gasteiger partial charge in [-0.1, -0.05) is 17.7 Å². The van der Waals surface area contributed by atoms with Crippen molar-refractivity contribution in [1.29, 1.82) is 5.26 Å². The number of aromatic nitrogens is 2. The highest BCUT2D eigenvalue weighted by atomic mass is 35.5. The van der Waals surface area contributed by atoms with Gasteiger partial charge in [-0.05, 0) is 36.4 Å². The highest BCUT2D eigenvalue weighted by molar-refractivity contribution is 6.30. The second-order valence-corrected chi connectivity index (χ2v) is 4.71. The molecule has 0 unspecified atom stereocenters. The number of aromatic amines is 1. The zero-order chi connectivity index (χ0) is 13.9. The highest BCUT2D eigenvalue weighted by Gasteiger charge is 2.04. The molecule has 0 saturated carbocycles. The number of hydrogen-bond acceptors (Lipinski definition) is 3. The third-order valence-electron chi connectivity index (χ3n) is 2.83. The summed E-state index contributed by atoms with van der Waals surface area (Å²) in [6, 6.07) is 14.6. The van der Waals surface area contributed by atoms with Gasteiger partial charge in [0.15, 0.2) is 0 Å². The van der Waals surface area contributed by atoms with Crippen LogP contribution in [0.2, 0.25) is 5.02 Å². The van der Waals surface area contributed by atoms with Crippen LogP contribution in [0.5, 0.6) is 5.75 Å². The summed E-state index contributed by atoms with van der Waals surface area (Å²) >= 11 is 5.89. The maximum atomic E-state index is 8.86. The minimum atomic E-state index is 0.316. The Kier molecular flexibility index (Phi) is 3.28. The summed E-state index contributed by atoms with van der Waals surface area (Å²) in [5.74, 6) is 1.39. The Hall–Kier alpha value is -2.51. The van der Waals surface area contributed by atoms with Crippen molar-refractivity contribution in [2.75, 3.05) is 0 Å². The normalized spacial score (nSPS) is 10.4. The summed E-state index contributed by atoms with van der Waals surface area (Å²) in [7, 11) is 0. The van der Waals surface area contributed by atoms with Crippen LogP contribution < -0.4 is 4.74 Å². The third kappa shape index (κ3) is 2.58. The number of nitrogens with zero attached hydrogens (tertiary/aromatic N) is 2. The van der Waals surface area contributed by atoms with Crippen LogP contribution in [0, 0.1) is 11.3 Å². The number of fused-ring (bicyclic) bond motifs is 1. The lowest BCUT2D eigenvalue weighted by Gasteiger charge is -2.03. The molecule has 5 heteroatoms. The minimum absolute atomic E-state index is 0.316. The van der Waals surface area contributed by atoms with Crippen LogP contribution in [-0.4, -0.2) is 9.97 Å². The molecular weight excluding hydrogens is 274 g/mol. The molecule has 0 atom stereocenters. The average molecular weight is 284 g/mol. The molecule has 0 radical (unpaired) electrons. The van der Waals surface area contributed by atoms with Gasteiger partial charge in [0.1, 0.15) is 18.2 Å². The Morgan fingerprint density at radius 2 is 2.15 bits per heavy atom. The van der Waals surface area contributed by atoms with Crippen LogP contribution in [0.3, 0.4) is 0 Å². The standard InChI is InChI=1S/C15H10ClN3O/c16-11-2-1-3-12(7-11)20-9-15-18-13-5-4-10(8-17)6-14(13)19-15/h1-7H,9H2,(H,18,19). The Labute approximate surface area is 120 Å². The fraction of sp³-hybridized carbons (Fsp3) is 0.0667. The molecule has 3 aromatic rings. The fourth-order valence-corrected chi connectivity index (χ4v) is 2.09. The largest absolute Gasteiger partial charge is 0.486 e. The van der Waals surface area contributed by atoms with Crippen LogP contribution in [0.25, 0.3) is 11.0 Å². The molecular formula is C15H10ClN3O. The molecule has 0 spiro atoms. The van der Waals surface area contributed by atoms with Crippen molar-refractivity contribution in [3.05, 3.63) is 58.9 Å². The van der Waals surface area contributed by atoms with E-state index in [1.165, 1.54) is 0 Å². The predicted molar refractivity (Wildman–Crippen MR) is 76.6 cm³/mol. The van der Waals surface area contributed by atoms with E-state index in [2.05, 4.69) is 16.0 Å². The van der Waals surface area contributed by atoms with Crippen molar-refractivity contribution in [3.63, 3.8) is 0 Å². The molecule has 2 aromatic carbocycles. The monoisotopic (exact) mass is 283 g/mol. The molecule has 1 heterocycles. The molecule has 4 nitrogen and oxygen atoms in total. The second kappa shape index (κ2) is 5.24. The molecule has 0 fully saturated rings. The summed E-state index contributed by atoms with van der Waals surface area (Å²) in [6.07, 6.45) is 0. The number of H-pyrrole nitrogens is 1. The van der Waals surface area contributed by atoms with Crippen molar-refractivity contribution in [3.8, 4) is 11.8 Å². The smallest absolute Gasteiger partial charge is 0.146 e. The van der Waals surface area contributed by atoms with Crippen LogP contribution >= 0.6 is 11.6 Å². The van der Waals surface area contributed by atoms with Gasteiger partial charge >= 0.3 is 0 Å². The molecule has 0 bridgehead atoms. The van der Waals surface area contributed by atoms with Gasteiger partial charge in [-0.3, -0.25) is 0 Å². The van der Waals surface area contributed by atoms with E-state index in [1.807, 2.05) is 18.2 Å². The van der Waals surface area contributed by atoms with Gasteiger partial charge in [0.25, 0.3) is 0 Å². The Morgan fingerprint density at radius 3 is 2.95 bits per heavy atom. The Bertz CT molecular complexity index is 804. The van der Waals surface area contributed by atoms with Crippen LogP contribution in [0.15, 0.2) is 42.5 Å². The van der Waals surface area contributed by atoms with E-state index in [1.54, 1.807) is 24.3 Å². The van der Waals surface area contributed by atoms with Gasteiger partial charge in [-0.25, -0.2) is 4.98 Å². The van der Waals surface area contributed by atoms with Gasteiger partial charge in [-0.15, -0.1) is 0 Å². The van der Waals surface area contributed by atoms with E-state index in [-0.39, 0.29) is 0 Å². The highest BCUT2D eigenvalue weighted by Crippen LogP contribution is 2.19. The SMILES string of the molecule is N#Cc1ccc2nc(COc3cccc(Cl)c3)[nH]c2c1. The quantitative estimate of drug-likeness (QED) is 0.798. The maximum Gasteiger partial charge on any atom is 0.146 e. The molecule has 0 aliphatic heterocycles. The van der Waals surface area contributed by atoms with Crippen molar-refractivity contribution < 1.29 is 4.74 Å². The molecule has 1 N–H and O–H groups in total. The van der Waals surface area contributed by atoms with Crippen LogP contribution in [0.4, 0.5) is 0 Å². The van der Waals surface area contributed by atoms with Crippen molar-refractivity contribution in [2.45, 2.75) is 6.61 Å². The molecule has 0 aliphatic carbocycles. The zero-order valence-electron chi connectivity index (χ0n) is 10.4. The topological polar surface area (TPSA) is 61.7 Å². The summed E-state index contributed by atoms with van der Waals surface area (Å²) in [5, 5.41) is 9.49. The van der Waals surface area contributed by atoms with Gasteiger partial charge in [0.05, 0.1) is 22.7 Å². The van der Waals surface area contributed by atoms with E-state index in [9.17, 15) is 0 Å². The minimum Gasteiger partial charge on any atom is -0.486 e. The third-order valence-corrected chi connectivity index (χ3v) is 3.07. The number of rotatable bonds is 3. The lowest BCUT2D eigenvalue weighted by atomic mass is 10.2. The number of imidazole rings is 1. The molecule has 98 valence electrons. The summed E-state index contributed by atoms with van der Waals surface area (Å²) < 4.78 is 5.62. The molecule has 1 aromatic heterocycles. The predicted octanol–water partition coefficient (Wildman–Crippen LogP) is 3.67. The number of nitriles is 1. The molecule has 0 amide bonds. The van der Waals surface area contributed by atoms with Gasteiger partial charge in [0, 0.05) is 5.02 Å². The maximum absolute atomic E-state index is 8.86. The summed E-state index contributed by atoms with van der Waals surface area (Å²) in [5.41, 5.74) is 2.24. The van der Waals surface area contributed by atoms with Crippen molar-refractivity contribution >= 4 is 22.6 Å². The lowest BCUT2D eigenvalue weighted by molar-refractivity contribution is 0.297. The first kappa shape index (κ1) is 12.5. The van der Waals surface area contributed by atoms with Gasteiger partial charge in [0.2, 0.25) is 0 Å². The van der Waals surface area contributed by atoms with E-state index < -0.39 is 0 Å². The summed E-state index contributed by atoms with van der Waals surface area (Å²) in [4.78, 5) is 7.54. The first-order valence-corrected chi connectivity index (χ1v) is 6.39. The Balaban J connectivity index is 1.79. The number of hydrogen-bond donors (Lipinski definition) is 1. The number of halogens is 1. The zero-order valence-corrected chi connectivity index (χ0v) is 11.2. The first-order valence-electron chi connectivity index (χ1n) is 6.02. The van der Waals surface area contributed by atoms with E-state index >= 15 is 0 Å². The van der Waals surface area contributed by atoms with Gasteiger partial charge in [-0.2, -0.15) is 5.26 Å². The number of benzene rings is 2. The average Bonchev–Trinajstić information content (AvgIpc) is 2.87.